The van der Waals surface area contributed by atoms with Crippen molar-refractivity contribution < 1.29 is 14.4 Å². The number of rotatable bonds is 5. The number of nitrogens with one attached hydrogen (secondary N) is 1. The van der Waals surface area contributed by atoms with E-state index in [1.807, 2.05) is 12.3 Å². The van der Waals surface area contributed by atoms with Crippen molar-refractivity contribution in [3.05, 3.63) is 33.8 Å². The molecule has 1 fully saturated rings. The zero-order valence-electron chi connectivity index (χ0n) is 13.9. The monoisotopic (exact) mass is 377 g/mol. The highest BCUT2D eigenvalue weighted by atomic mass is 32.1. The third-order valence-corrected chi connectivity index (χ3v) is 5.93. The fourth-order valence-electron chi connectivity index (χ4n) is 2.63. The number of piperazine rings is 1. The van der Waals surface area contributed by atoms with Gasteiger partial charge in [0.25, 0.3) is 0 Å². The quantitative estimate of drug-likeness (QED) is 0.814. The molecule has 1 N–H and O–H groups in total. The van der Waals surface area contributed by atoms with Gasteiger partial charge in [0.05, 0.1) is 0 Å². The van der Waals surface area contributed by atoms with Gasteiger partial charge < -0.3 is 10.2 Å². The van der Waals surface area contributed by atoms with Crippen LogP contribution in [0.25, 0.3) is 10.4 Å². The number of carbonyl (C=O) groups is 3. The second kappa shape index (κ2) is 7.79. The number of thiophene rings is 2. The molecule has 0 radical (unpaired) electrons. The third-order valence-electron chi connectivity index (χ3n) is 4.05. The van der Waals surface area contributed by atoms with E-state index in [9.17, 15) is 14.4 Å². The Balaban J connectivity index is 1.50. The average Bonchev–Trinajstić information content (AvgIpc) is 3.28. The number of imide groups is 1. The molecule has 1 saturated heterocycles. The topological polar surface area (TPSA) is 69.7 Å². The second-order valence-electron chi connectivity index (χ2n) is 5.60. The van der Waals surface area contributed by atoms with Crippen LogP contribution in [0.15, 0.2) is 29.0 Å². The molecule has 132 valence electrons. The normalized spacial score (nSPS) is 14.9. The van der Waals surface area contributed by atoms with E-state index in [0.29, 0.717) is 26.1 Å². The number of nitrogens with zero attached hydrogens (tertiary/aromatic N) is 2. The summed E-state index contributed by atoms with van der Waals surface area (Å²) in [5.74, 6) is -1.36. The SMILES string of the molecule is CCN1CCN(C(=O)NCCc2ccc(-c3ccsc3)s2)C(=O)C1=O. The van der Waals surface area contributed by atoms with Gasteiger partial charge in [-0.1, -0.05) is 0 Å². The number of amides is 4. The fraction of sp³-hybridized carbons (Fsp3) is 0.353. The Labute approximate surface area is 154 Å². The summed E-state index contributed by atoms with van der Waals surface area (Å²) in [5, 5.41) is 6.89. The first-order valence-electron chi connectivity index (χ1n) is 8.10. The summed E-state index contributed by atoms with van der Waals surface area (Å²) in [6.07, 6.45) is 0.692. The van der Waals surface area contributed by atoms with Crippen LogP contribution < -0.4 is 5.32 Å². The van der Waals surface area contributed by atoms with Crippen LogP contribution in [0.3, 0.4) is 0 Å². The molecular formula is C17H19N3O3S2. The Morgan fingerprint density at radius 2 is 2.04 bits per heavy atom. The average molecular weight is 377 g/mol. The van der Waals surface area contributed by atoms with Gasteiger partial charge in [-0.25, -0.2) is 4.79 Å². The van der Waals surface area contributed by atoms with E-state index in [0.717, 1.165) is 4.90 Å². The Hall–Kier alpha value is -2.19. The van der Waals surface area contributed by atoms with Crippen molar-refractivity contribution in [2.24, 2.45) is 0 Å². The molecule has 0 spiro atoms. The first-order valence-corrected chi connectivity index (χ1v) is 9.86. The minimum atomic E-state index is -0.749. The van der Waals surface area contributed by atoms with Gasteiger partial charge in [-0.05, 0) is 42.3 Å². The van der Waals surface area contributed by atoms with Crippen molar-refractivity contribution in [3.63, 3.8) is 0 Å². The molecule has 0 unspecified atom stereocenters. The molecular weight excluding hydrogens is 358 g/mol. The van der Waals surface area contributed by atoms with E-state index in [-0.39, 0.29) is 6.54 Å². The van der Waals surface area contributed by atoms with E-state index in [4.69, 9.17) is 0 Å². The van der Waals surface area contributed by atoms with Crippen LogP contribution in [0.2, 0.25) is 0 Å². The number of hydrogen-bond acceptors (Lipinski definition) is 5. The number of hydrogen-bond donors (Lipinski definition) is 1. The van der Waals surface area contributed by atoms with Gasteiger partial charge in [-0.2, -0.15) is 11.3 Å². The first-order chi connectivity index (χ1) is 12.1. The van der Waals surface area contributed by atoms with Crippen LogP contribution in [0, 0.1) is 0 Å². The minimum Gasteiger partial charge on any atom is -0.337 e. The lowest BCUT2D eigenvalue weighted by Gasteiger charge is -2.31. The van der Waals surface area contributed by atoms with Gasteiger partial charge in [0.15, 0.2) is 0 Å². The molecule has 0 aliphatic carbocycles. The smallest absolute Gasteiger partial charge is 0.324 e. The maximum atomic E-state index is 12.2. The van der Waals surface area contributed by atoms with Crippen molar-refractivity contribution in [2.75, 3.05) is 26.2 Å². The van der Waals surface area contributed by atoms with Crippen LogP contribution in [-0.2, 0) is 16.0 Å². The van der Waals surface area contributed by atoms with Crippen LogP contribution in [0.5, 0.6) is 0 Å². The predicted octanol–water partition coefficient (Wildman–Crippen LogP) is 2.42. The van der Waals surface area contributed by atoms with Gasteiger partial charge in [0.2, 0.25) is 0 Å². The third kappa shape index (κ3) is 3.91. The molecule has 1 aliphatic heterocycles. The van der Waals surface area contributed by atoms with E-state index in [1.54, 1.807) is 22.7 Å². The van der Waals surface area contributed by atoms with E-state index in [1.165, 1.54) is 20.2 Å². The predicted molar refractivity (Wildman–Crippen MR) is 98.7 cm³/mol. The van der Waals surface area contributed by atoms with Gasteiger partial charge >= 0.3 is 17.8 Å². The number of likely N-dealkylation sites (N-methyl/N-ethyl adjacent to an activating group) is 1. The van der Waals surface area contributed by atoms with Gasteiger partial charge in [0, 0.05) is 41.5 Å². The Morgan fingerprint density at radius 3 is 2.76 bits per heavy atom. The van der Waals surface area contributed by atoms with Crippen LogP contribution >= 0.6 is 22.7 Å². The van der Waals surface area contributed by atoms with E-state index < -0.39 is 17.8 Å². The van der Waals surface area contributed by atoms with Crippen molar-refractivity contribution in [2.45, 2.75) is 13.3 Å². The maximum absolute atomic E-state index is 12.2. The summed E-state index contributed by atoms with van der Waals surface area (Å²) in [7, 11) is 0. The summed E-state index contributed by atoms with van der Waals surface area (Å²) < 4.78 is 0. The maximum Gasteiger partial charge on any atom is 0.324 e. The highest BCUT2D eigenvalue weighted by molar-refractivity contribution is 7.16. The summed E-state index contributed by atoms with van der Waals surface area (Å²) in [6.45, 7) is 3.35. The summed E-state index contributed by atoms with van der Waals surface area (Å²) >= 11 is 3.36. The largest absolute Gasteiger partial charge is 0.337 e. The van der Waals surface area contributed by atoms with Gasteiger partial charge in [0.1, 0.15) is 0 Å². The summed E-state index contributed by atoms with van der Waals surface area (Å²) in [4.78, 5) is 40.8. The number of carbonyl (C=O) groups excluding carboxylic acids is 3. The molecule has 0 saturated carbocycles. The molecule has 4 amide bonds. The van der Waals surface area contributed by atoms with Crippen molar-refractivity contribution >= 4 is 40.5 Å². The zero-order valence-corrected chi connectivity index (χ0v) is 15.5. The highest BCUT2D eigenvalue weighted by Gasteiger charge is 2.35. The zero-order chi connectivity index (χ0) is 17.8. The second-order valence-corrected chi connectivity index (χ2v) is 7.55. The van der Waals surface area contributed by atoms with E-state index >= 15 is 0 Å². The molecule has 0 atom stereocenters. The van der Waals surface area contributed by atoms with Gasteiger partial charge in [-0.3, -0.25) is 14.5 Å². The lowest BCUT2D eigenvalue weighted by molar-refractivity contribution is -0.153. The van der Waals surface area contributed by atoms with E-state index in [2.05, 4.69) is 28.9 Å². The molecule has 2 aromatic rings. The lowest BCUT2D eigenvalue weighted by atomic mass is 10.3. The molecule has 0 bridgehead atoms. The van der Waals surface area contributed by atoms with Crippen molar-refractivity contribution in [1.29, 1.82) is 0 Å². The molecule has 2 aromatic heterocycles. The Kier molecular flexibility index (Phi) is 5.50. The Morgan fingerprint density at radius 1 is 1.20 bits per heavy atom. The minimum absolute atomic E-state index is 0.242. The summed E-state index contributed by atoms with van der Waals surface area (Å²) in [5.41, 5.74) is 1.21. The van der Waals surface area contributed by atoms with Crippen molar-refractivity contribution in [3.8, 4) is 10.4 Å². The number of urea groups is 1. The highest BCUT2D eigenvalue weighted by Crippen LogP contribution is 2.29. The van der Waals surface area contributed by atoms with Crippen molar-refractivity contribution in [1.82, 2.24) is 15.1 Å². The molecule has 3 heterocycles. The molecule has 25 heavy (non-hydrogen) atoms. The standard InChI is InChI=1S/C17H19N3O3S2/c1-2-19-8-9-20(16(22)15(19)21)17(23)18-7-5-13-3-4-14(25-13)12-6-10-24-11-12/h3-4,6,10-11H,2,5,7-9H2,1H3,(H,18,23). The van der Waals surface area contributed by atoms with Crippen LogP contribution in [0.4, 0.5) is 4.79 Å². The Bertz CT molecular complexity index is 770. The first kappa shape index (κ1) is 17.6. The molecule has 3 rings (SSSR count). The van der Waals surface area contributed by atoms with Gasteiger partial charge in [-0.15, -0.1) is 11.3 Å². The summed E-state index contributed by atoms with van der Waals surface area (Å²) in [6, 6.07) is 5.72. The van der Waals surface area contributed by atoms with Crippen LogP contribution in [-0.4, -0.2) is 53.8 Å². The lowest BCUT2D eigenvalue weighted by Crippen LogP contribution is -2.58. The fourth-order valence-corrected chi connectivity index (χ4v) is 4.36. The molecule has 1 aliphatic rings. The molecule has 8 heteroatoms. The molecule has 6 nitrogen and oxygen atoms in total. The van der Waals surface area contributed by atoms with Crippen LogP contribution in [0.1, 0.15) is 11.8 Å². The molecule has 0 aromatic carbocycles.